The van der Waals surface area contributed by atoms with Gasteiger partial charge in [-0.2, -0.15) is 0 Å². The van der Waals surface area contributed by atoms with E-state index in [0.717, 1.165) is 11.4 Å². The molecule has 2 aromatic carbocycles. The van der Waals surface area contributed by atoms with Gasteiger partial charge in [0.2, 0.25) is 0 Å². The summed E-state index contributed by atoms with van der Waals surface area (Å²) >= 11 is 0. The number of carbonyl (C=O) groups is 1. The summed E-state index contributed by atoms with van der Waals surface area (Å²) in [6.07, 6.45) is 0. The van der Waals surface area contributed by atoms with Crippen molar-refractivity contribution in [2.45, 2.75) is 13.8 Å². The van der Waals surface area contributed by atoms with E-state index >= 15 is 0 Å². The van der Waals surface area contributed by atoms with Crippen molar-refractivity contribution in [3.63, 3.8) is 0 Å². The number of rotatable bonds is 7. The number of carbonyl (C=O) groups excluding carboxylic acids is 1. The summed E-state index contributed by atoms with van der Waals surface area (Å²) in [6, 6.07) is 12.6. The summed E-state index contributed by atoms with van der Waals surface area (Å²) in [5.74, 6) is 1.52. The van der Waals surface area contributed by atoms with E-state index < -0.39 is 0 Å². The van der Waals surface area contributed by atoms with E-state index in [-0.39, 0.29) is 11.6 Å². The first-order valence-electron chi connectivity index (χ1n) is 8.76. The van der Waals surface area contributed by atoms with Gasteiger partial charge in [0.15, 0.2) is 17.2 Å². The Morgan fingerprint density at radius 2 is 1.79 bits per heavy atom. The zero-order chi connectivity index (χ0) is 20.1. The van der Waals surface area contributed by atoms with Crippen molar-refractivity contribution in [1.82, 2.24) is 15.0 Å². The van der Waals surface area contributed by atoms with Gasteiger partial charge in [0.25, 0.3) is 5.91 Å². The molecule has 0 aliphatic carbocycles. The summed E-state index contributed by atoms with van der Waals surface area (Å²) < 4.78 is 17.5. The van der Waals surface area contributed by atoms with Crippen LogP contribution in [0.25, 0.3) is 5.69 Å². The van der Waals surface area contributed by atoms with Gasteiger partial charge in [0.1, 0.15) is 5.75 Å². The average Bonchev–Trinajstić information content (AvgIpc) is 3.10. The standard InChI is InChI=1S/C20H22N4O4/c1-5-28-16-9-7-15(8-10-16)24-13(2)19(22-23-24)20(25)21-14-6-11-17(26-3)18(12-14)27-4/h6-12H,5H2,1-4H3,(H,21,25). The fourth-order valence-corrected chi connectivity index (χ4v) is 2.74. The molecule has 0 fully saturated rings. The van der Waals surface area contributed by atoms with Gasteiger partial charge in [-0.25, -0.2) is 4.68 Å². The summed E-state index contributed by atoms with van der Waals surface area (Å²) in [5, 5.41) is 10.9. The number of ether oxygens (including phenoxy) is 3. The van der Waals surface area contributed by atoms with Gasteiger partial charge in [0, 0.05) is 11.8 Å². The zero-order valence-electron chi connectivity index (χ0n) is 16.2. The molecule has 0 bridgehead atoms. The van der Waals surface area contributed by atoms with Crippen LogP contribution in [0.3, 0.4) is 0 Å². The molecular formula is C20H22N4O4. The SMILES string of the molecule is CCOc1ccc(-n2nnc(C(=O)Nc3ccc(OC)c(OC)c3)c2C)cc1. The maximum Gasteiger partial charge on any atom is 0.278 e. The molecule has 8 heteroatoms. The molecule has 3 aromatic rings. The predicted octanol–water partition coefficient (Wildman–Crippen LogP) is 3.24. The normalized spacial score (nSPS) is 10.4. The van der Waals surface area contributed by atoms with Crippen molar-refractivity contribution in [1.29, 1.82) is 0 Å². The van der Waals surface area contributed by atoms with Gasteiger partial charge in [-0.05, 0) is 50.2 Å². The smallest absolute Gasteiger partial charge is 0.278 e. The molecule has 8 nitrogen and oxygen atoms in total. The molecule has 0 aliphatic rings. The quantitative estimate of drug-likeness (QED) is 0.675. The first-order chi connectivity index (χ1) is 13.6. The number of benzene rings is 2. The molecule has 0 atom stereocenters. The third-order valence-electron chi connectivity index (χ3n) is 4.14. The molecule has 0 radical (unpaired) electrons. The van der Waals surface area contributed by atoms with Crippen LogP contribution in [0.4, 0.5) is 5.69 Å². The number of nitrogens with zero attached hydrogens (tertiary/aromatic N) is 3. The van der Waals surface area contributed by atoms with Crippen LogP contribution in [0.15, 0.2) is 42.5 Å². The third-order valence-corrected chi connectivity index (χ3v) is 4.14. The van der Waals surface area contributed by atoms with Gasteiger partial charge in [-0.3, -0.25) is 4.79 Å². The van der Waals surface area contributed by atoms with Crippen molar-refractivity contribution in [3.8, 4) is 22.9 Å². The second kappa shape index (κ2) is 8.43. The monoisotopic (exact) mass is 382 g/mol. The van der Waals surface area contributed by atoms with Crippen molar-refractivity contribution >= 4 is 11.6 Å². The van der Waals surface area contributed by atoms with Crippen LogP contribution in [0.1, 0.15) is 23.1 Å². The van der Waals surface area contributed by atoms with Gasteiger partial charge >= 0.3 is 0 Å². The van der Waals surface area contributed by atoms with E-state index in [1.54, 1.807) is 36.9 Å². The Balaban J connectivity index is 1.80. The second-order valence-electron chi connectivity index (χ2n) is 5.89. The third kappa shape index (κ3) is 3.90. The lowest BCUT2D eigenvalue weighted by Crippen LogP contribution is -2.14. The maximum absolute atomic E-state index is 12.7. The van der Waals surface area contributed by atoms with Crippen LogP contribution in [0.5, 0.6) is 17.2 Å². The Bertz CT molecular complexity index is 967. The van der Waals surface area contributed by atoms with Gasteiger partial charge in [0.05, 0.1) is 32.2 Å². The number of amides is 1. The number of nitrogens with one attached hydrogen (secondary N) is 1. The van der Waals surface area contributed by atoms with Crippen molar-refractivity contribution in [2.24, 2.45) is 0 Å². The zero-order valence-corrected chi connectivity index (χ0v) is 16.2. The number of hydrogen-bond donors (Lipinski definition) is 1. The Morgan fingerprint density at radius 1 is 1.07 bits per heavy atom. The highest BCUT2D eigenvalue weighted by Crippen LogP contribution is 2.30. The Labute approximate surface area is 163 Å². The van der Waals surface area contributed by atoms with Crippen molar-refractivity contribution in [3.05, 3.63) is 53.9 Å². The molecule has 1 aromatic heterocycles. The Morgan fingerprint density at radius 3 is 2.43 bits per heavy atom. The second-order valence-corrected chi connectivity index (χ2v) is 5.89. The molecule has 28 heavy (non-hydrogen) atoms. The number of methoxy groups -OCH3 is 2. The fraction of sp³-hybridized carbons (Fsp3) is 0.250. The molecule has 0 spiro atoms. The van der Waals surface area contributed by atoms with Crippen LogP contribution in [-0.2, 0) is 0 Å². The largest absolute Gasteiger partial charge is 0.494 e. The minimum atomic E-state index is -0.359. The van der Waals surface area contributed by atoms with Crippen molar-refractivity contribution in [2.75, 3.05) is 26.1 Å². The first kappa shape index (κ1) is 19.2. The van der Waals surface area contributed by atoms with Gasteiger partial charge in [-0.1, -0.05) is 5.21 Å². The lowest BCUT2D eigenvalue weighted by Gasteiger charge is -2.10. The molecule has 1 amide bonds. The molecule has 1 N–H and O–H groups in total. The summed E-state index contributed by atoms with van der Waals surface area (Å²) in [6.45, 7) is 4.32. The molecule has 3 rings (SSSR count). The molecule has 0 saturated heterocycles. The highest BCUT2D eigenvalue weighted by atomic mass is 16.5. The van der Waals surface area contributed by atoms with E-state index in [0.29, 0.717) is 29.5 Å². The Kier molecular flexibility index (Phi) is 5.78. The summed E-state index contributed by atoms with van der Waals surface area (Å²) in [5.41, 5.74) is 2.22. The topological polar surface area (TPSA) is 87.5 Å². The van der Waals surface area contributed by atoms with Crippen LogP contribution in [0, 0.1) is 6.92 Å². The molecule has 1 heterocycles. The van der Waals surface area contributed by atoms with E-state index in [4.69, 9.17) is 14.2 Å². The summed E-state index contributed by atoms with van der Waals surface area (Å²) in [4.78, 5) is 12.7. The molecule has 0 saturated carbocycles. The molecule has 0 aliphatic heterocycles. The lowest BCUT2D eigenvalue weighted by molar-refractivity contribution is 0.102. The van der Waals surface area contributed by atoms with Crippen molar-refractivity contribution < 1.29 is 19.0 Å². The van der Waals surface area contributed by atoms with E-state index in [1.165, 1.54) is 7.11 Å². The average molecular weight is 382 g/mol. The lowest BCUT2D eigenvalue weighted by atomic mass is 10.2. The molecular weight excluding hydrogens is 360 g/mol. The molecule has 0 unspecified atom stereocenters. The van der Waals surface area contributed by atoms with Crippen LogP contribution >= 0.6 is 0 Å². The van der Waals surface area contributed by atoms with Crippen LogP contribution in [0.2, 0.25) is 0 Å². The Hall–Kier alpha value is -3.55. The highest BCUT2D eigenvalue weighted by Gasteiger charge is 2.18. The fourth-order valence-electron chi connectivity index (χ4n) is 2.74. The number of aromatic nitrogens is 3. The van der Waals surface area contributed by atoms with Crippen LogP contribution < -0.4 is 19.5 Å². The number of hydrogen-bond acceptors (Lipinski definition) is 6. The van der Waals surface area contributed by atoms with E-state index in [9.17, 15) is 4.79 Å². The minimum Gasteiger partial charge on any atom is -0.494 e. The highest BCUT2D eigenvalue weighted by molar-refractivity contribution is 6.03. The maximum atomic E-state index is 12.7. The first-order valence-corrected chi connectivity index (χ1v) is 8.76. The van der Waals surface area contributed by atoms with Gasteiger partial charge in [-0.15, -0.1) is 5.10 Å². The minimum absolute atomic E-state index is 0.240. The van der Waals surface area contributed by atoms with Crippen LogP contribution in [-0.4, -0.2) is 41.7 Å². The van der Waals surface area contributed by atoms with Gasteiger partial charge < -0.3 is 19.5 Å². The molecule has 146 valence electrons. The van der Waals surface area contributed by atoms with E-state index in [1.807, 2.05) is 31.2 Å². The predicted molar refractivity (Wildman–Crippen MR) is 105 cm³/mol. The van der Waals surface area contributed by atoms with E-state index in [2.05, 4.69) is 15.6 Å². The summed E-state index contributed by atoms with van der Waals surface area (Å²) in [7, 11) is 3.09. The number of anilines is 1.